The van der Waals surface area contributed by atoms with Crippen molar-refractivity contribution in [3.8, 4) is 0 Å². The first-order chi connectivity index (χ1) is 9.70. The van der Waals surface area contributed by atoms with Gasteiger partial charge in [-0.15, -0.1) is 12.4 Å². The average Bonchev–Trinajstić information content (AvgIpc) is 2.87. The third kappa shape index (κ3) is 2.89. The minimum atomic E-state index is -0.428. The number of anilines is 1. The van der Waals surface area contributed by atoms with Gasteiger partial charge in [0.25, 0.3) is 0 Å². The predicted molar refractivity (Wildman–Crippen MR) is 90.1 cm³/mol. The van der Waals surface area contributed by atoms with Crippen LogP contribution in [-0.4, -0.2) is 11.9 Å². The van der Waals surface area contributed by atoms with E-state index in [2.05, 4.69) is 29.6 Å². The van der Waals surface area contributed by atoms with Gasteiger partial charge >= 0.3 is 0 Å². The molecule has 1 unspecified atom stereocenters. The molecular weight excluding hydrogens is 284 g/mol. The van der Waals surface area contributed by atoms with Crippen LogP contribution < -0.4 is 11.1 Å². The molecule has 0 heterocycles. The van der Waals surface area contributed by atoms with Gasteiger partial charge in [0.2, 0.25) is 5.91 Å². The van der Waals surface area contributed by atoms with Crippen LogP contribution in [-0.2, 0) is 17.6 Å². The number of hydrogen-bond acceptors (Lipinski definition) is 2. The van der Waals surface area contributed by atoms with Crippen LogP contribution in [0.25, 0.3) is 10.8 Å². The topological polar surface area (TPSA) is 55.1 Å². The number of amides is 1. The molecule has 0 spiro atoms. The van der Waals surface area contributed by atoms with Crippen molar-refractivity contribution in [2.45, 2.75) is 38.6 Å². The SMILES string of the molecule is CCCC(N)C(=O)Nc1ccc2c3c(cccc13)CC2.Cl. The Morgan fingerprint density at radius 2 is 1.95 bits per heavy atom. The van der Waals surface area contributed by atoms with Crippen LogP contribution in [0.1, 0.15) is 30.9 Å². The van der Waals surface area contributed by atoms with E-state index in [-0.39, 0.29) is 18.3 Å². The summed E-state index contributed by atoms with van der Waals surface area (Å²) in [6, 6.07) is 10.0. The highest BCUT2D eigenvalue weighted by atomic mass is 35.5. The van der Waals surface area contributed by atoms with Crippen molar-refractivity contribution in [1.29, 1.82) is 0 Å². The molecule has 3 nitrogen and oxygen atoms in total. The molecular formula is C17H21ClN2O. The van der Waals surface area contributed by atoms with Gasteiger partial charge < -0.3 is 11.1 Å². The zero-order valence-corrected chi connectivity index (χ0v) is 13.0. The summed E-state index contributed by atoms with van der Waals surface area (Å²) in [5.41, 5.74) is 9.52. The minimum Gasteiger partial charge on any atom is -0.324 e. The number of hydrogen-bond donors (Lipinski definition) is 2. The van der Waals surface area contributed by atoms with Crippen LogP contribution in [0, 0.1) is 0 Å². The summed E-state index contributed by atoms with van der Waals surface area (Å²) in [6.45, 7) is 2.03. The average molecular weight is 305 g/mol. The van der Waals surface area contributed by atoms with Gasteiger partial charge in [0.15, 0.2) is 0 Å². The van der Waals surface area contributed by atoms with Crippen molar-refractivity contribution < 1.29 is 4.79 Å². The van der Waals surface area contributed by atoms with E-state index in [9.17, 15) is 4.79 Å². The quantitative estimate of drug-likeness (QED) is 0.909. The van der Waals surface area contributed by atoms with Gasteiger partial charge in [0.05, 0.1) is 6.04 Å². The van der Waals surface area contributed by atoms with Gasteiger partial charge in [0.1, 0.15) is 0 Å². The van der Waals surface area contributed by atoms with Crippen LogP contribution in [0.3, 0.4) is 0 Å². The summed E-state index contributed by atoms with van der Waals surface area (Å²) in [5, 5.41) is 5.44. The molecule has 2 aromatic carbocycles. The van der Waals surface area contributed by atoms with Crippen molar-refractivity contribution in [1.82, 2.24) is 0 Å². The van der Waals surface area contributed by atoms with Crippen molar-refractivity contribution in [3.05, 3.63) is 41.5 Å². The molecule has 3 rings (SSSR count). The van der Waals surface area contributed by atoms with E-state index >= 15 is 0 Å². The van der Waals surface area contributed by atoms with Crippen LogP contribution in [0.4, 0.5) is 5.69 Å². The van der Waals surface area contributed by atoms with E-state index in [0.717, 1.165) is 30.3 Å². The highest BCUT2D eigenvalue weighted by molar-refractivity contribution is 6.06. The molecule has 0 fully saturated rings. The Hall–Kier alpha value is -1.58. The number of halogens is 1. The highest BCUT2D eigenvalue weighted by Crippen LogP contribution is 2.34. The van der Waals surface area contributed by atoms with E-state index in [1.54, 1.807) is 0 Å². The van der Waals surface area contributed by atoms with E-state index in [1.165, 1.54) is 16.5 Å². The van der Waals surface area contributed by atoms with E-state index in [4.69, 9.17) is 5.73 Å². The molecule has 112 valence electrons. The zero-order chi connectivity index (χ0) is 14.1. The number of carbonyl (C=O) groups excluding carboxylic acids is 1. The van der Waals surface area contributed by atoms with Crippen LogP contribution in [0.5, 0.6) is 0 Å². The Balaban J connectivity index is 0.00000161. The summed E-state index contributed by atoms with van der Waals surface area (Å²) >= 11 is 0. The van der Waals surface area contributed by atoms with E-state index in [0.29, 0.717) is 6.42 Å². The molecule has 2 aromatic rings. The maximum atomic E-state index is 12.1. The molecule has 0 aliphatic heterocycles. The standard InChI is InChI=1S/C17H20N2O.ClH/c1-2-4-14(18)17(20)19-15-10-9-12-8-7-11-5-3-6-13(15)16(11)12;/h3,5-6,9-10,14H,2,4,7-8,18H2,1H3,(H,19,20);1H. The molecule has 3 N–H and O–H groups in total. The number of nitrogens with one attached hydrogen (secondary N) is 1. The lowest BCUT2D eigenvalue weighted by Gasteiger charge is -2.14. The first-order valence-corrected chi connectivity index (χ1v) is 7.30. The van der Waals surface area contributed by atoms with Gasteiger partial charge in [-0.2, -0.15) is 0 Å². The van der Waals surface area contributed by atoms with Crippen molar-refractivity contribution in [3.63, 3.8) is 0 Å². The lowest BCUT2D eigenvalue weighted by atomic mass is 10.0. The Kier molecular flexibility index (Phi) is 4.86. The Morgan fingerprint density at radius 3 is 2.67 bits per heavy atom. The monoisotopic (exact) mass is 304 g/mol. The summed E-state index contributed by atoms with van der Waals surface area (Å²) in [4.78, 5) is 12.1. The van der Waals surface area contributed by atoms with E-state index in [1.807, 2.05) is 13.0 Å². The van der Waals surface area contributed by atoms with Crippen molar-refractivity contribution in [2.24, 2.45) is 5.73 Å². The minimum absolute atomic E-state index is 0. The number of benzene rings is 2. The fourth-order valence-corrected chi connectivity index (χ4v) is 3.02. The fraction of sp³-hybridized carbons (Fsp3) is 0.353. The summed E-state index contributed by atoms with van der Waals surface area (Å²) in [7, 11) is 0. The van der Waals surface area contributed by atoms with Gasteiger partial charge in [-0.1, -0.05) is 37.6 Å². The second-order valence-corrected chi connectivity index (χ2v) is 5.50. The first-order valence-electron chi connectivity index (χ1n) is 7.30. The van der Waals surface area contributed by atoms with Crippen LogP contribution in [0.15, 0.2) is 30.3 Å². The smallest absolute Gasteiger partial charge is 0.241 e. The molecule has 1 aliphatic rings. The predicted octanol–water partition coefficient (Wildman–Crippen LogP) is 3.43. The number of aryl methyl sites for hydroxylation is 2. The van der Waals surface area contributed by atoms with Gasteiger partial charge in [-0.05, 0) is 41.8 Å². The number of nitrogens with two attached hydrogens (primary N) is 1. The highest BCUT2D eigenvalue weighted by Gasteiger charge is 2.18. The Labute approximate surface area is 131 Å². The summed E-state index contributed by atoms with van der Waals surface area (Å²) < 4.78 is 0. The van der Waals surface area contributed by atoms with Crippen LogP contribution >= 0.6 is 12.4 Å². The molecule has 1 amide bonds. The fourth-order valence-electron chi connectivity index (χ4n) is 3.02. The lowest BCUT2D eigenvalue weighted by molar-refractivity contribution is -0.117. The second-order valence-electron chi connectivity index (χ2n) is 5.50. The normalized spacial score (nSPS) is 13.8. The summed E-state index contributed by atoms with van der Waals surface area (Å²) in [5.74, 6) is -0.0921. The number of carbonyl (C=O) groups is 1. The van der Waals surface area contributed by atoms with Gasteiger partial charge in [-0.3, -0.25) is 4.79 Å². The molecule has 0 aromatic heterocycles. The van der Waals surface area contributed by atoms with Gasteiger partial charge in [-0.25, -0.2) is 0 Å². The Morgan fingerprint density at radius 1 is 1.24 bits per heavy atom. The molecule has 0 radical (unpaired) electrons. The second kappa shape index (κ2) is 6.46. The van der Waals surface area contributed by atoms with Crippen molar-refractivity contribution in [2.75, 3.05) is 5.32 Å². The van der Waals surface area contributed by atoms with E-state index < -0.39 is 6.04 Å². The third-order valence-corrected chi connectivity index (χ3v) is 4.07. The first kappa shape index (κ1) is 15.8. The molecule has 0 bridgehead atoms. The largest absolute Gasteiger partial charge is 0.324 e. The van der Waals surface area contributed by atoms with Gasteiger partial charge in [0, 0.05) is 11.1 Å². The molecule has 1 aliphatic carbocycles. The molecule has 0 saturated heterocycles. The number of rotatable bonds is 4. The Bertz CT molecular complexity index is 659. The molecule has 4 heteroatoms. The van der Waals surface area contributed by atoms with Crippen LogP contribution in [0.2, 0.25) is 0 Å². The lowest BCUT2D eigenvalue weighted by Crippen LogP contribution is -2.35. The molecule has 21 heavy (non-hydrogen) atoms. The molecule has 1 atom stereocenters. The summed E-state index contributed by atoms with van der Waals surface area (Å²) in [6.07, 6.45) is 3.82. The zero-order valence-electron chi connectivity index (χ0n) is 12.2. The van der Waals surface area contributed by atoms with Crippen molar-refractivity contribution >= 4 is 34.8 Å². The third-order valence-electron chi connectivity index (χ3n) is 4.07. The maximum absolute atomic E-state index is 12.1. The molecule has 0 saturated carbocycles. The maximum Gasteiger partial charge on any atom is 0.241 e.